The Kier molecular flexibility index (Phi) is 3.32. The van der Waals surface area contributed by atoms with Crippen molar-refractivity contribution in [3.63, 3.8) is 0 Å². The van der Waals surface area contributed by atoms with Gasteiger partial charge < -0.3 is 9.47 Å². The zero-order valence-electron chi connectivity index (χ0n) is 10.2. The average Bonchev–Trinajstić information content (AvgIpc) is 2.39. The van der Waals surface area contributed by atoms with Crippen LogP contribution in [0.25, 0.3) is 5.57 Å². The van der Waals surface area contributed by atoms with Gasteiger partial charge in [-0.2, -0.15) is 8.78 Å². The van der Waals surface area contributed by atoms with Crippen molar-refractivity contribution in [2.24, 2.45) is 0 Å². The molecule has 1 aliphatic rings. The molecular formula is C14H14F2O2. The van der Waals surface area contributed by atoms with Crippen LogP contribution in [0.3, 0.4) is 0 Å². The molecule has 4 heteroatoms. The molecule has 0 unspecified atom stereocenters. The van der Waals surface area contributed by atoms with Crippen LogP contribution in [0.5, 0.6) is 0 Å². The third-order valence-electron chi connectivity index (χ3n) is 3.00. The summed E-state index contributed by atoms with van der Waals surface area (Å²) in [6.07, 6.45) is 3.70. The van der Waals surface area contributed by atoms with Gasteiger partial charge in [0.2, 0.25) is 0 Å². The van der Waals surface area contributed by atoms with Gasteiger partial charge in [0, 0.05) is 14.2 Å². The molecule has 0 amide bonds. The number of ether oxygens (including phenoxy) is 2. The molecule has 18 heavy (non-hydrogen) atoms. The van der Waals surface area contributed by atoms with E-state index in [4.69, 9.17) is 9.47 Å². The van der Waals surface area contributed by atoms with Gasteiger partial charge in [-0.1, -0.05) is 36.4 Å². The van der Waals surface area contributed by atoms with E-state index in [2.05, 4.69) is 0 Å². The molecule has 0 aromatic heterocycles. The fraction of sp³-hybridized carbons (Fsp3) is 0.286. The molecule has 0 N–H and O–H groups in total. The quantitative estimate of drug-likeness (QED) is 0.769. The molecule has 96 valence electrons. The first-order valence-electron chi connectivity index (χ1n) is 5.50. The van der Waals surface area contributed by atoms with Crippen molar-refractivity contribution < 1.29 is 18.3 Å². The number of hydrogen-bond acceptors (Lipinski definition) is 2. The summed E-state index contributed by atoms with van der Waals surface area (Å²) in [6, 6.07) is 8.99. The van der Waals surface area contributed by atoms with Crippen LogP contribution in [0.15, 0.2) is 48.6 Å². The second-order valence-electron chi connectivity index (χ2n) is 4.00. The van der Waals surface area contributed by atoms with E-state index >= 15 is 0 Å². The van der Waals surface area contributed by atoms with Crippen LogP contribution in [-0.4, -0.2) is 25.9 Å². The number of alkyl halides is 2. The van der Waals surface area contributed by atoms with E-state index < -0.39 is 11.7 Å². The Hall–Kier alpha value is -1.52. The van der Waals surface area contributed by atoms with Crippen molar-refractivity contribution in [2.75, 3.05) is 14.2 Å². The largest absolute Gasteiger partial charge is 0.345 e. The van der Waals surface area contributed by atoms with Gasteiger partial charge in [0.15, 0.2) is 0 Å². The van der Waals surface area contributed by atoms with Crippen molar-refractivity contribution >= 4 is 5.57 Å². The number of rotatable bonds is 3. The third-order valence-corrected chi connectivity index (χ3v) is 3.00. The maximum absolute atomic E-state index is 14.1. The van der Waals surface area contributed by atoms with Crippen molar-refractivity contribution in [2.45, 2.75) is 11.7 Å². The molecule has 0 saturated carbocycles. The Morgan fingerprint density at radius 3 is 2.11 bits per heavy atom. The highest BCUT2D eigenvalue weighted by Crippen LogP contribution is 2.41. The lowest BCUT2D eigenvalue weighted by Crippen LogP contribution is -2.49. The summed E-state index contributed by atoms with van der Waals surface area (Å²) in [6.45, 7) is 0. The van der Waals surface area contributed by atoms with Crippen LogP contribution in [-0.2, 0) is 9.47 Å². The van der Waals surface area contributed by atoms with Gasteiger partial charge >= 0.3 is 5.92 Å². The van der Waals surface area contributed by atoms with Crippen molar-refractivity contribution in [3.05, 3.63) is 54.1 Å². The van der Waals surface area contributed by atoms with Crippen LogP contribution in [0.4, 0.5) is 8.78 Å². The number of benzene rings is 1. The summed E-state index contributed by atoms with van der Waals surface area (Å²) in [4.78, 5) is 0. The minimum absolute atomic E-state index is 0.449. The Labute approximate surface area is 105 Å². The number of halogens is 2. The predicted molar refractivity (Wildman–Crippen MR) is 65.3 cm³/mol. The number of allylic oxidation sites excluding steroid dienone is 2. The highest BCUT2D eigenvalue weighted by molar-refractivity contribution is 5.76. The van der Waals surface area contributed by atoms with Gasteiger partial charge in [-0.15, -0.1) is 0 Å². The van der Waals surface area contributed by atoms with Gasteiger partial charge in [-0.25, -0.2) is 0 Å². The molecule has 2 rings (SSSR count). The van der Waals surface area contributed by atoms with Crippen LogP contribution in [0.2, 0.25) is 0 Å². The van der Waals surface area contributed by atoms with Gasteiger partial charge in [0.05, 0.1) is 0 Å². The first-order valence-corrected chi connectivity index (χ1v) is 5.50. The van der Waals surface area contributed by atoms with Gasteiger partial charge in [0.25, 0.3) is 5.79 Å². The zero-order chi connectivity index (χ0) is 13.2. The maximum atomic E-state index is 14.1. The molecule has 0 aliphatic heterocycles. The van der Waals surface area contributed by atoms with Crippen molar-refractivity contribution in [3.8, 4) is 0 Å². The molecule has 0 fully saturated rings. The van der Waals surface area contributed by atoms with Crippen molar-refractivity contribution in [1.29, 1.82) is 0 Å². The van der Waals surface area contributed by atoms with Crippen LogP contribution in [0.1, 0.15) is 5.56 Å². The fourth-order valence-corrected chi connectivity index (χ4v) is 1.96. The van der Waals surface area contributed by atoms with E-state index in [1.54, 1.807) is 30.3 Å². The standard InChI is InChI=1S/C14H14F2O2/c1-17-14(18-2)9-8-12(10-13(14,15)16)11-6-4-3-5-7-11/h3-10H,1-2H3. The lowest BCUT2D eigenvalue weighted by atomic mass is 9.93. The predicted octanol–water partition coefficient (Wildman–Crippen LogP) is 3.26. The molecule has 0 spiro atoms. The lowest BCUT2D eigenvalue weighted by Gasteiger charge is -2.36. The number of hydrogen-bond donors (Lipinski definition) is 0. The second kappa shape index (κ2) is 4.63. The lowest BCUT2D eigenvalue weighted by molar-refractivity contribution is -0.272. The molecule has 1 aromatic rings. The van der Waals surface area contributed by atoms with Crippen LogP contribution in [0, 0.1) is 0 Å². The molecule has 0 saturated heterocycles. The summed E-state index contributed by atoms with van der Waals surface area (Å²) >= 11 is 0. The molecule has 0 heterocycles. The molecule has 2 nitrogen and oxygen atoms in total. The monoisotopic (exact) mass is 252 g/mol. The summed E-state index contributed by atoms with van der Waals surface area (Å²) < 4.78 is 37.8. The second-order valence-corrected chi connectivity index (χ2v) is 4.00. The zero-order valence-corrected chi connectivity index (χ0v) is 10.2. The fourth-order valence-electron chi connectivity index (χ4n) is 1.96. The molecule has 0 atom stereocenters. The van der Waals surface area contributed by atoms with Gasteiger partial charge in [-0.3, -0.25) is 0 Å². The highest BCUT2D eigenvalue weighted by atomic mass is 19.3. The first kappa shape index (κ1) is 12.9. The molecule has 1 aliphatic carbocycles. The molecular weight excluding hydrogens is 238 g/mol. The summed E-state index contributed by atoms with van der Waals surface area (Å²) in [7, 11) is 2.40. The average molecular weight is 252 g/mol. The van der Waals surface area contributed by atoms with Crippen LogP contribution < -0.4 is 0 Å². The van der Waals surface area contributed by atoms with Gasteiger partial charge in [-0.05, 0) is 23.3 Å². The Balaban J connectivity index is 2.41. The van der Waals surface area contributed by atoms with Gasteiger partial charge in [0.1, 0.15) is 0 Å². The van der Waals surface area contributed by atoms with E-state index in [0.717, 1.165) is 11.6 Å². The first-order chi connectivity index (χ1) is 8.54. The normalized spacial score (nSPS) is 20.6. The smallest absolute Gasteiger partial charge is 0.324 e. The minimum Gasteiger partial charge on any atom is -0.345 e. The van der Waals surface area contributed by atoms with E-state index in [0.29, 0.717) is 5.57 Å². The molecule has 0 bridgehead atoms. The summed E-state index contributed by atoms with van der Waals surface area (Å²) in [5.74, 6) is -5.25. The summed E-state index contributed by atoms with van der Waals surface area (Å²) in [5, 5.41) is 0. The number of methoxy groups -OCH3 is 2. The van der Waals surface area contributed by atoms with E-state index in [1.807, 2.05) is 6.07 Å². The Bertz CT molecular complexity index is 474. The van der Waals surface area contributed by atoms with Crippen molar-refractivity contribution in [1.82, 2.24) is 0 Å². The van der Waals surface area contributed by atoms with E-state index in [1.165, 1.54) is 20.3 Å². The Morgan fingerprint density at radius 1 is 1.00 bits per heavy atom. The maximum Gasteiger partial charge on any atom is 0.324 e. The van der Waals surface area contributed by atoms with Crippen LogP contribution >= 0.6 is 0 Å². The van der Waals surface area contributed by atoms with E-state index in [9.17, 15) is 8.78 Å². The highest BCUT2D eigenvalue weighted by Gasteiger charge is 2.53. The Morgan fingerprint density at radius 2 is 1.61 bits per heavy atom. The third kappa shape index (κ3) is 1.98. The molecule has 1 aromatic carbocycles. The molecule has 0 radical (unpaired) electrons. The SMILES string of the molecule is COC1(OC)C=CC(c2ccccc2)=CC1(F)F. The topological polar surface area (TPSA) is 18.5 Å². The summed E-state index contributed by atoms with van der Waals surface area (Å²) in [5.41, 5.74) is 1.18. The minimum atomic E-state index is -3.23. The van der Waals surface area contributed by atoms with E-state index in [-0.39, 0.29) is 0 Å².